The highest BCUT2D eigenvalue weighted by Crippen LogP contribution is 2.28. The smallest absolute Gasteiger partial charge is 0.193 e. The molecule has 0 aromatic heterocycles. The Balaban J connectivity index is 1.78. The van der Waals surface area contributed by atoms with Crippen molar-refractivity contribution in [2.45, 2.75) is 19.8 Å². The van der Waals surface area contributed by atoms with E-state index in [0.717, 1.165) is 69.8 Å². The van der Waals surface area contributed by atoms with Crippen LogP contribution in [0.3, 0.4) is 0 Å². The topological polar surface area (TPSA) is 49.3 Å². The SMILES string of the molecule is CCCCOCCNC(=NC)N1CCN(c2ccccc2OC)CC1. The standard InChI is InChI=1S/C19H32N4O2/c1-4-5-15-25-16-10-21-19(20-2)23-13-11-22(12-14-23)17-8-6-7-9-18(17)24-3/h6-9H,4-5,10-16H2,1-3H3,(H,20,21). The molecule has 1 saturated heterocycles. The van der Waals surface area contributed by atoms with Crippen molar-refractivity contribution in [2.75, 3.05) is 65.0 Å². The Morgan fingerprint density at radius 2 is 1.92 bits per heavy atom. The van der Waals surface area contributed by atoms with Crippen LogP contribution in [0.4, 0.5) is 5.69 Å². The number of unbranched alkanes of at least 4 members (excludes halogenated alkanes) is 1. The number of nitrogens with one attached hydrogen (secondary N) is 1. The van der Waals surface area contributed by atoms with Crippen LogP contribution in [0.25, 0.3) is 0 Å². The van der Waals surface area contributed by atoms with Crippen molar-refractivity contribution in [3.05, 3.63) is 24.3 Å². The van der Waals surface area contributed by atoms with Crippen molar-refractivity contribution in [3.8, 4) is 5.75 Å². The van der Waals surface area contributed by atoms with Gasteiger partial charge in [-0.2, -0.15) is 0 Å². The van der Waals surface area contributed by atoms with E-state index in [0.29, 0.717) is 0 Å². The number of ether oxygens (including phenoxy) is 2. The third-order valence-electron chi connectivity index (χ3n) is 4.39. The minimum Gasteiger partial charge on any atom is -0.495 e. The number of aliphatic imine (C=N–C) groups is 1. The second-order valence-corrected chi connectivity index (χ2v) is 6.09. The van der Waals surface area contributed by atoms with Crippen LogP contribution in [0.5, 0.6) is 5.75 Å². The molecule has 0 atom stereocenters. The molecular weight excluding hydrogens is 316 g/mol. The summed E-state index contributed by atoms with van der Waals surface area (Å²) in [5.41, 5.74) is 1.16. The molecule has 1 N–H and O–H groups in total. The van der Waals surface area contributed by atoms with E-state index in [1.54, 1.807) is 7.11 Å². The molecule has 0 bridgehead atoms. The first kappa shape index (κ1) is 19.4. The van der Waals surface area contributed by atoms with Gasteiger partial charge in [-0.25, -0.2) is 0 Å². The maximum absolute atomic E-state index is 5.60. The minimum atomic E-state index is 0.722. The molecule has 1 aromatic rings. The number of nitrogens with zero attached hydrogens (tertiary/aromatic N) is 3. The van der Waals surface area contributed by atoms with Gasteiger partial charge in [-0.1, -0.05) is 25.5 Å². The summed E-state index contributed by atoms with van der Waals surface area (Å²) in [5.74, 6) is 1.89. The zero-order chi connectivity index (χ0) is 17.9. The molecular formula is C19H32N4O2. The highest BCUT2D eigenvalue weighted by atomic mass is 16.5. The van der Waals surface area contributed by atoms with Gasteiger partial charge in [-0.15, -0.1) is 0 Å². The number of benzene rings is 1. The average Bonchev–Trinajstić information content (AvgIpc) is 2.68. The Hall–Kier alpha value is -1.95. The highest BCUT2D eigenvalue weighted by molar-refractivity contribution is 5.80. The van der Waals surface area contributed by atoms with Crippen LogP contribution in [-0.4, -0.2) is 71.0 Å². The van der Waals surface area contributed by atoms with E-state index in [-0.39, 0.29) is 0 Å². The van der Waals surface area contributed by atoms with Crippen LogP contribution >= 0.6 is 0 Å². The third kappa shape index (κ3) is 5.81. The molecule has 0 saturated carbocycles. The number of para-hydroxylation sites is 2. The predicted octanol–water partition coefficient (Wildman–Crippen LogP) is 2.21. The van der Waals surface area contributed by atoms with Crippen LogP contribution < -0.4 is 15.0 Å². The molecule has 1 fully saturated rings. The van der Waals surface area contributed by atoms with Crippen molar-refractivity contribution in [3.63, 3.8) is 0 Å². The van der Waals surface area contributed by atoms with E-state index in [9.17, 15) is 0 Å². The molecule has 6 heteroatoms. The van der Waals surface area contributed by atoms with Crippen LogP contribution in [0, 0.1) is 0 Å². The lowest BCUT2D eigenvalue weighted by atomic mass is 10.2. The fourth-order valence-corrected chi connectivity index (χ4v) is 2.97. The predicted molar refractivity (Wildman–Crippen MR) is 104 cm³/mol. The van der Waals surface area contributed by atoms with Crippen LogP contribution in [0.1, 0.15) is 19.8 Å². The van der Waals surface area contributed by atoms with Gasteiger partial charge in [0.05, 0.1) is 19.4 Å². The first-order valence-electron chi connectivity index (χ1n) is 9.21. The molecule has 0 aliphatic carbocycles. The lowest BCUT2D eigenvalue weighted by molar-refractivity contribution is 0.135. The summed E-state index contributed by atoms with van der Waals surface area (Å²) in [6.07, 6.45) is 2.30. The number of methoxy groups -OCH3 is 1. The van der Waals surface area contributed by atoms with E-state index in [4.69, 9.17) is 9.47 Å². The van der Waals surface area contributed by atoms with Gasteiger partial charge >= 0.3 is 0 Å². The summed E-state index contributed by atoms with van der Waals surface area (Å²) in [5, 5.41) is 3.40. The summed E-state index contributed by atoms with van der Waals surface area (Å²) in [4.78, 5) is 9.08. The lowest BCUT2D eigenvalue weighted by Gasteiger charge is -2.38. The van der Waals surface area contributed by atoms with Gasteiger partial charge in [0.15, 0.2) is 5.96 Å². The van der Waals surface area contributed by atoms with Gasteiger partial charge < -0.3 is 24.6 Å². The molecule has 1 aliphatic rings. The molecule has 0 amide bonds. The highest BCUT2D eigenvalue weighted by Gasteiger charge is 2.21. The first-order chi connectivity index (χ1) is 12.3. The Kier molecular flexibility index (Phi) is 8.39. The zero-order valence-corrected chi connectivity index (χ0v) is 15.8. The quantitative estimate of drug-likeness (QED) is 0.443. The second-order valence-electron chi connectivity index (χ2n) is 6.09. The number of guanidine groups is 1. The zero-order valence-electron chi connectivity index (χ0n) is 15.8. The van der Waals surface area contributed by atoms with E-state index in [1.807, 2.05) is 19.2 Å². The van der Waals surface area contributed by atoms with E-state index in [1.165, 1.54) is 6.42 Å². The molecule has 25 heavy (non-hydrogen) atoms. The van der Waals surface area contributed by atoms with Gasteiger partial charge in [-0.3, -0.25) is 4.99 Å². The summed E-state index contributed by atoms with van der Waals surface area (Å²) in [7, 11) is 3.57. The second kappa shape index (κ2) is 10.8. The molecule has 140 valence electrons. The van der Waals surface area contributed by atoms with Gasteiger partial charge in [0, 0.05) is 46.4 Å². The van der Waals surface area contributed by atoms with Gasteiger partial charge in [0.1, 0.15) is 5.75 Å². The number of hydrogen-bond donors (Lipinski definition) is 1. The number of anilines is 1. The van der Waals surface area contributed by atoms with E-state index in [2.05, 4.69) is 39.2 Å². The minimum absolute atomic E-state index is 0.722. The molecule has 0 unspecified atom stereocenters. The molecule has 0 radical (unpaired) electrons. The summed E-state index contributed by atoms with van der Waals surface area (Å²) >= 11 is 0. The van der Waals surface area contributed by atoms with Crippen molar-refractivity contribution in [2.24, 2.45) is 4.99 Å². The molecule has 2 rings (SSSR count). The monoisotopic (exact) mass is 348 g/mol. The largest absolute Gasteiger partial charge is 0.495 e. The molecule has 1 aliphatic heterocycles. The molecule has 1 aromatic carbocycles. The van der Waals surface area contributed by atoms with Crippen LogP contribution in [-0.2, 0) is 4.74 Å². The summed E-state index contributed by atoms with van der Waals surface area (Å²) in [6.45, 7) is 8.32. The molecule has 6 nitrogen and oxygen atoms in total. The van der Waals surface area contributed by atoms with E-state index < -0.39 is 0 Å². The van der Waals surface area contributed by atoms with Crippen molar-refractivity contribution < 1.29 is 9.47 Å². The molecule has 1 heterocycles. The molecule has 0 spiro atoms. The normalized spacial score (nSPS) is 15.4. The van der Waals surface area contributed by atoms with Crippen LogP contribution in [0.2, 0.25) is 0 Å². The van der Waals surface area contributed by atoms with E-state index >= 15 is 0 Å². The summed E-state index contributed by atoms with van der Waals surface area (Å²) in [6, 6.07) is 8.20. The van der Waals surface area contributed by atoms with Gasteiger partial charge in [0.25, 0.3) is 0 Å². The number of rotatable bonds is 8. The Morgan fingerprint density at radius 3 is 2.60 bits per heavy atom. The average molecular weight is 348 g/mol. The number of hydrogen-bond acceptors (Lipinski definition) is 4. The van der Waals surface area contributed by atoms with Crippen LogP contribution in [0.15, 0.2) is 29.3 Å². The maximum Gasteiger partial charge on any atom is 0.193 e. The Labute approximate surface area is 151 Å². The van der Waals surface area contributed by atoms with Crippen molar-refractivity contribution >= 4 is 11.6 Å². The Bertz CT molecular complexity index is 528. The summed E-state index contributed by atoms with van der Waals surface area (Å²) < 4.78 is 11.1. The third-order valence-corrected chi connectivity index (χ3v) is 4.39. The maximum atomic E-state index is 5.60. The number of piperazine rings is 1. The fourth-order valence-electron chi connectivity index (χ4n) is 2.97. The fraction of sp³-hybridized carbons (Fsp3) is 0.632. The lowest BCUT2D eigenvalue weighted by Crippen LogP contribution is -2.53. The van der Waals surface area contributed by atoms with Crippen molar-refractivity contribution in [1.29, 1.82) is 0 Å². The Morgan fingerprint density at radius 1 is 1.16 bits per heavy atom. The van der Waals surface area contributed by atoms with Crippen molar-refractivity contribution in [1.82, 2.24) is 10.2 Å². The van der Waals surface area contributed by atoms with Gasteiger partial charge in [0.2, 0.25) is 0 Å². The first-order valence-corrected chi connectivity index (χ1v) is 9.21. The van der Waals surface area contributed by atoms with Gasteiger partial charge in [-0.05, 0) is 18.6 Å².